The van der Waals surface area contributed by atoms with Crippen LogP contribution >= 0.6 is 11.6 Å². The van der Waals surface area contributed by atoms with Crippen molar-refractivity contribution in [3.05, 3.63) is 73.8 Å². The van der Waals surface area contributed by atoms with Crippen molar-refractivity contribution in [1.82, 2.24) is 19.4 Å². The number of aryl methyl sites for hydroxylation is 3. The molecule has 0 bridgehead atoms. The van der Waals surface area contributed by atoms with Gasteiger partial charge in [-0.1, -0.05) is 29.8 Å². The lowest BCUT2D eigenvalue weighted by molar-refractivity contribution is -0.121. The SMILES string of the molecule is Cc1ccc(Cl)cc1N1CCN(CCNC(=O)CCn2c(=O)c(=O)n(C)c3ccccc32)CC1. The molecule has 8 nitrogen and oxygen atoms in total. The molecule has 0 atom stereocenters. The number of amides is 1. The van der Waals surface area contributed by atoms with Crippen molar-refractivity contribution in [3.8, 4) is 0 Å². The van der Waals surface area contributed by atoms with E-state index in [4.69, 9.17) is 11.6 Å². The fraction of sp³-hybridized carbons (Fsp3) is 0.400. The molecule has 1 aromatic heterocycles. The van der Waals surface area contributed by atoms with Gasteiger partial charge in [0.15, 0.2) is 0 Å². The molecule has 9 heteroatoms. The van der Waals surface area contributed by atoms with Crippen molar-refractivity contribution >= 4 is 34.2 Å². The van der Waals surface area contributed by atoms with Crippen molar-refractivity contribution < 1.29 is 4.79 Å². The van der Waals surface area contributed by atoms with Crippen molar-refractivity contribution in [2.24, 2.45) is 7.05 Å². The van der Waals surface area contributed by atoms with Crippen molar-refractivity contribution in [1.29, 1.82) is 0 Å². The average Bonchev–Trinajstić information content (AvgIpc) is 2.84. The van der Waals surface area contributed by atoms with Crippen LogP contribution in [0.2, 0.25) is 5.02 Å². The van der Waals surface area contributed by atoms with Gasteiger partial charge in [-0.3, -0.25) is 19.3 Å². The third-order valence-corrected chi connectivity index (χ3v) is 6.70. The maximum atomic E-state index is 12.5. The average molecular weight is 484 g/mol. The number of halogens is 1. The Bertz CT molecular complexity index is 1310. The first-order valence-electron chi connectivity index (χ1n) is 11.5. The van der Waals surface area contributed by atoms with Crippen molar-refractivity contribution in [2.45, 2.75) is 19.9 Å². The zero-order chi connectivity index (χ0) is 24.2. The summed E-state index contributed by atoms with van der Waals surface area (Å²) in [4.78, 5) is 41.8. The number of hydrogen-bond acceptors (Lipinski definition) is 5. The van der Waals surface area contributed by atoms with Crippen LogP contribution in [0.5, 0.6) is 0 Å². The maximum Gasteiger partial charge on any atom is 0.316 e. The molecule has 1 fully saturated rings. The normalized spacial score (nSPS) is 14.5. The Labute approximate surface area is 203 Å². The first-order valence-corrected chi connectivity index (χ1v) is 11.9. The van der Waals surface area contributed by atoms with Crippen LogP contribution in [0, 0.1) is 6.92 Å². The molecule has 180 valence electrons. The van der Waals surface area contributed by atoms with Gasteiger partial charge in [-0.15, -0.1) is 0 Å². The topological polar surface area (TPSA) is 79.6 Å². The summed E-state index contributed by atoms with van der Waals surface area (Å²) in [7, 11) is 1.58. The third-order valence-electron chi connectivity index (χ3n) is 6.46. The summed E-state index contributed by atoms with van der Waals surface area (Å²) in [5.74, 6) is -0.134. The number of para-hydroxylation sites is 2. The summed E-state index contributed by atoms with van der Waals surface area (Å²) in [6, 6.07) is 13.2. The van der Waals surface area contributed by atoms with Crippen LogP contribution in [0.4, 0.5) is 5.69 Å². The lowest BCUT2D eigenvalue weighted by atomic mass is 10.1. The molecule has 3 aromatic rings. The largest absolute Gasteiger partial charge is 0.369 e. The van der Waals surface area contributed by atoms with E-state index in [0.717, 1.165) is 37.7 Å². The maximum absolute atomic E-state index is 12.5. The minimum atomic E-state index is -0.609. The number of nitrogens with zero attached hydrogens (tertiary/aromatic N) is 4. The first kappa shape index (κ1) is 24.0. The molecule has 1 aliphatic heterocycles. The molecule has 1 aliphatic rings. The number of piperazine rings is 1. The molecule has 0 saturated carbocycles. The van der Waals surface area contributed by atoms with E-state index in [1.54, 1.807) is 19.2 Å². The summed E-state index contributed by atoms with van der Waals surface area (Å²) in [5.41, 5.74) is 2.51. The Morgan fingerprint density at radius 1 is 0.971 bits per heavy atom. The number of carbonyl (C=O) groups excluding carboxylic acids is 1. The first-order chi connectivity index (χ1) is 16.3. The molecule has 1 amide bonds. The summed E-state index contributed by atoms with van der Waals surface area (Å²) in [5, 5.41) is 3.69. The number of hydrogen-bond donors (Lipinski definition) is 1. The van der Waals surface area contributed by atoms with E-state index >= 15 is 0 Å². The van der Waals surface area contributed by atoms with Crippen molar-refractivity contribution in [2.75, 3.05) is 44.2 Å². The van der Waals surface area contributed by atoms with Gasteiger partial charge < -0.3 is 19.4 Å². The van der Waals surface area contributed by atoms with Crippen LogP contribution in [-0.2, 0) is 18.4 Å². The van der Waals surface area contributed by atoms with E-state index in [1.165, 1.54) is 20.4 Å². The number of fused-ring (bicyclic) bond motifs is 1. The minimum absolute atomic E-state index is 0.134. The molecule has 1 N–H and O–H groups in total. The van der Waals surface area contributed by atoms with Gasteiger partial charge in [0.05, 0.1) is 11.0 Å². The quantitative estimate of drug-likeness (QED) is 0.520. The van der Waals surface area contributed by atoms with Crippen LogP contribution in [0.25, 0.3) is 11.0 Å². The van der Waals surface area contributed by atoms with Crippen LogP contribution in [-0.4, -0.2) is 59.2 Å². The zero-order valence-corrected chi connectivity index (χ0v) is 20.3. The summed E-state index contributed by atoms with van der Waals surface area (Å²) in [6.07, 6.45) is 0.138. The van der Waals surface area contributed by atoms with Gasteiger partial charge >= 0.3 is 11.1 Å². The highest BCUT2D eigenvalue weighted by molar-refractivity contribution is 6.30. The second-order valence-electron chi connectivity index (χ2n) is 8.67. The Balaban J connectivity index is 1.26. The molecular weight excluding hydrogens is 454 g/mol. The number of carbonyl (C=O) groups is 1. The van der Waals surface area contributed by atoms with E-state index in [1.807, 2.05) is 30.3 Å². The molecule has 4 rings (SSSR count). The van der Waals surface area contributed by atoms with E-state index < -0.39 is 11.1 Å². The van der Waals surface area contributed by atoms with Gasteiger partial charge in [-0.25, -0.2) is 0 Å². The molecular formula is C25H30ClN5O3. The molecule has 2 heterocycles. The van der Waals surface area contributed by atoms with Gasteiger partial charge in [-0.2, -0.15) is 0 Å². The molecule has 0 radical (unpaired) electrons. The monoisotopic (exact) mass is 483 g/mol. The smallest absolute Gasteiger partial charge is 0.316 e. The molecule has 1 saturated heterocycles. The summed E-state index contributed by atoms with van der Waals surface area (Å²) < 4.78 is 2.75. The van der Waals surface area contributed by atoms with E-state index in [9.17, 15) is 14.4 Å². The summed E-state index contributed by atoms with van der Waals surface area (Å²) >= 11 is 6.17. The van der Waals surface area contributed by atoms with Crippen LogP contribution in [0.15, 0.2) is 52.1 Å². The van der Waals surface area contributed by atoms with Gasteiger partial charge in [0.1, 0.15) is 0 Å². The van der Waals surface area contributed by atoms with Gasteiger partial charge in [0.2, 0.25) is 5.91 Å². The van der Waals surface area contributed by atoms with E-state index in [0.29, 0.717) is 17.6 Å². The molecule has 34 heavy (non-hydrogen) atoms. The van der Waals surface area contributed by atoms with E-state index in [2.05, 4.69) is 22.0 Å². The Morgan fingerprint density at radius 3 is 2.41 bits per heavy atom. The number of rotatable bonds is 7. The second-order valence-corrected chi connectivity index (χ2v) is 9.11. The molecule has 0 aliphatic carbocycles. The number of aromatic nitrogens is 2. The lowest BCUT2D eigenvalue weighted by Gasteiger charge is -2.36. The minimum Gasteiger partial charge on any atom is -0.369 e. The van der Waals surface area contributed by atoms with Gasteiger partial charge in [0.25, 0.3) is 0 Å². The Morgan fingerprint density at radius 2 is 1.68 bits per heavy atom. The predicted molar refractivity (Wildman–Crippen MR) is 136 cm³/mol. The highest BCUT2D eigenvalue weighted by Gasteiger charge is 2.19. The van der Waals surface area contributed by atoms with Crippen LogP contribution in [0.1, 0.15) is 12.0 Å². The van der Waals surface area contributed by atoms with Crippen LogP contribution < -0.4 is 21.3 Å². The molecule has 0 spiro atoms. The highest BCUT2D eigenvalue weighted by Crippen LogP contribution is 2.25. The predicted octanol–water partition coefficient (Wildman–Crippen LogP) is 1.99. The fourth-order valence-corrected chi connectivity index (χ4v) is 4.63. The Hall–Kier alpha value is -3.10. The standard InChI is InChI=1S/C25H30ClN5O3/c1-18-7-8-19(26)17-22(18)30-15-13-29(14-16-30)12-10-27-23(32)9-11-31-21-6-4-3-5-20(21)28(2)24(33)25(31)34/h3-8,17H,9-16H2,1-2H3,(H,27,32). The summed E-state index contributed by atoms with van der Waals surface area (Å²) in [6.45, 7) is 7.22. The molecule has 0 unspecified atom stereocenters. The van der Waals surface area contributed by atoms with Gasteiger partial charge in [-0.05, 0) is 36.8 Å². The lowest BCUT2D eigenvalue weighted by Crippen LogP contribution is -2.48. The third kappa shape index (κ3) is 5.18. The highest BCUT2D eigenvalue weighted by atomic mass is 35.5. The van der Waals surface area contributed by atoms with Crippen LogP contribution in [0.3, 0.4) is 0 Å². The number of anilines is 1. The zero-order valence-electron chi connectivity index (χ0n) is 19.6. The second kappa shape index (κ2) is 10.4. The van der Waals surface area contributed by atoms with Gasteiger partial charge in [0, 0.05) is 70.0 Å². The van der Waals surface area contributed by atoms with Crippen molar-refractivity contribution in [3.63, 3.8) is 0 Å². The fourth-order valence-electron chi connectivity index (χ4n) is 4.47. The number of nitrogens with one attached hydrogen (secondary N) is 1. The Kier molecular flexibility index (Phi) is 7.38. The van der Waals surface area contributed by atoms with E-state index in [-0.39, 0.29) is 18.9 Å². The number of benzene rings is 2. The molecule has 2 aromatic carbocycles.